The second kappa shape index (κ2) is 4.93. The average molecular weight is 271 g/mol. The number of nitrogens with one attached hydrogen (secondary N) is 1. The Morgan fingerprint density at radius 1 is 1.35 bits per heavy atom. The summed E-state index contributed by atoms with van der Waals surface area (Å²) in [5.74, 6) is 1.66. The lowest BCUT2D eigenvalue weighted by Crippen LogP contribution is -2.34. The molecule has 1 saturated carbocycles. The summed E-state index contributed by atoms with van der Waals surface area (Å²) in [7, 11) is 2.02. The Balaban J connectivity index is 1.96. The van der Waals surface area contributed by atoms with Gasteiger partial charge < -0.3 is 9.88 Å². The molecule has 1 aliphatic carbocycles. The Morgan fingerprint density at radius 3 is 2.65 bits per heavy atom. The van der Waals surface area contributed by atoms with Crippen LogP contribution in [-0.2, 0) is 11.8 Å². The summed E-state index contributed by atoms with van der Waals surface area (Å²) in [6.07, 6.45) is 2.05. The zero-order valence-electron chi connectivity index (χ0n) is 12.3. The van der Waals surface area contributed by atoms with Gasteiger partial charge in [0.2, 0.25) is 5.91 Å². The number of carbonyl (C=O) groups excluding carboxylic acids is 1. The highest BCUT2D eigenvalue weighted by atomic mass is 16.2. The monoisotopic (exact) mass is 271 g/mol. The first-order valence-electron chi connectivity index (χ1n) is 7.29. The number of nitrogens with zero attached hydrogens (tertiary/aromatic N) is 2. The van der Waals surface area contributed by atoms with Crippen LogP contribution in [0, 0.1) is 11.8 Å². The van der Waals surface area contributed by atoms with Crippen LogP contribution in [0.15, 0.2) is 24.3 Å². The summed E-state index contributed by atoms with van der Waals surface area (Å²) < 4.78 is 2.09. The number of hydrogen-bond donors (Lipinski definition) is 1. The molecule has 1 aliphatic rings. The fraction of sp³-hybridized carbons (Fsp3) is 0.500. The van der Waals surface area contributed by atoms with Gasteiger partial charge in [0.05, 0.1) is 17.1 Å². The Bertz CT molecular complexity index is 640. The molecule has 4 nitrogen and oxygen atoms in total. The predicted molar refractivity (Wildman–Crippen MR) is 79.2 cm³/mol. The normalized spacial score (nSPS) is 16.6. The van der Waals surface area contributed by atoms with E-state index in [4.69, 9.17) is 4.98 Å². The van der Waals surface area contributed by atoms with E-state index in [1.807, 2.05) is 25.2 Å². The molecule has 0 bridgehead atoms. The number of benzene rings is 1. The first kappa shape index (κ1) is 13.2. The van der Waals surface area contributed by atoms with E-state index >= 15 is 0 Å². The molecular formula is C16H21N3O. The first-order chi connectivity index (χ1) is 9.58. The lowest BCUT2D eigenvalue weighted by Gasteiger charge is -2.22. The molecule has 1 aromatic heterocycles. The second-order valence-corrected chi connectivity index (χ2v) is 6.02. The van der Waals surface area contributed by atoms with Gasteiger partial charge in [0.15, 0.2) is 0 Å². The third kappa shape index (κ3) is 2.30. The zero-order valence-corrected chi connectivity index (χ0v) is 12.3. The number of aryl methyl sites for hydroxylation is 1. The van der Waals surface area contributed by atoms with Crippen LogP contribution in [0.1, 0.15) is 38.6 Å². The maximum atomic E-state index is 12.1. The molecule has 0 unspecified atom stereocenters. The quantitative estimate of drug-likeness (QED) is 0.929. The van der Waals surface area contributed by atoms with Crippen LogP contribution < -0.4 is 5.32 Å². The van der Waals surface area contributed by atoms with E-state index in [1.165, 1.54) is 0 Å². The molecule has 1 amide bonds. The van der Waals surface area contributed by atoms with E-state index in [9.17, 15) is 4.79 Å². The molecule has 2 aromatic rings. The summed E-state index contributed by atoms with van der Waals surface area (Å²) in [5, 5.41) is 3.17. The molecule has 3 rings (SSSR count). The highest BCUT2D eigenvalue weighted by Gasteiger charge is 2.33. The number of rotatable bonds is 4. The summed E-state index contributed by atoms with van der Waals surface area (Å²) >= 11 is 0. The van der Waals surface area contributed by atoms with Gasteiger partial charge in [0.1, 0.15) is 5.82 Å². The van der Waals surface area contributed by atoms with Gasteiger partial charge in [-0.25, -0.2) is 4.98 Å². The molecule has 1 heterocycles. The number of hydrogen-bond acceptors (Lipinski definition) is 2. The minimum absolute atomic E-state index is 0.0273. The summed E-state index contributed by atoms with van der Waals surface area (Å²) in [4.78, 5) is 16.8. The third-order valence-electron chi connectivity index (χ3n) is 4.01. The van der Waals surface area contributed by atoms with Gasteiger partial charge in [-0.2, -0.15) is 0 Å². The van der Waals surface area contributed by atoms with Gasteiger partial charge in [-0.15, -0.1) is 0 Å². The largest absolute Gasteiger partial charge is 0.346 e. The van der Waals surface area contributed by atoms with Crippen LogP contribution in [0.4, 0.5) is 0 Å². The van der Waals surface area contributed by atoms with Crippen LogP contribution in [0.3, 0.4) is 0 Å². The molecular weight excluding hydrogens is 250 g/mol. The standard InChI is InChI=1S/C16H21N3O/c1-10(2)14(18-16(20)11-8-9-11)15-17-12-6-4-5-7-13(12)19(15)3/h4-7,10-11,14H,8-9H2,1-3H3,(H,18,20)/t14-/m0/s1. The number of para-hydroxylation sites is 2. The SMILES string of the molecule is CC(C)[C@H](NC(=O)C1CC1)c1nc2ccccc2n1C. The predicted octanol–water partition coefficient (Wildman–Crippen LogP) is 2.80. The average Bonchev–Trinajstić information content (AvgIpc) is 3.22. The molecule has 0 saturated heterocycles. The van der Waals surface area contributed by atoms with Crippen molar-refractivity contribution in [3.63, 3.8) is 0 Å². The van der Waals surface area contributed by atoms with Crippen LogP contribution in [-0.4, -0.2) is 15.5 Å². The van der Waals surface area contributed by atoms with Crippen LogP contribution in [0.25, 0.3) is 11.0 Å². The molecule has 0 aliphatic heterocycles. The summed E-state index contributed by atoms with van der Waals surface area (Å²) in [6.45, 7) is 4.24. The maximum Gasteiger partial charge on any atom is 0.223 e. The minimum atomic E-state index is -0.0273. The number of fused-ring (bicyclic) bond motifs is 1. The zero-order chi connectivity index (χ0) is 14.3. The molecule has 1 aromatic carbocycles. The Labute approximate surface area is 119 Å². The minimum Gasteiger partial charge on any atom is -0.346 e. The van der Waals surface area contributed by atoms with Crippen molar-refractivity contribution in [1.29, 1.82) is 0 Å². The molecule has 0 spiro atoms. The fourth-order valence-electron chi connectivity index (χ4n) is 2.59. The van der Waals surface area contributed by atoms with Gasteiger partial charge in [-0.3, -0.25) is 4.79 Å². The van der Waals surface area contributed by atoms with Gasteiger partial charge in [0.25, 0.3) is 0 Å². The Hall–Kier alpha value is -1.84. The van der Waals surface area contributed by atoms with Crippen LogP contribution in [0.5, 0.6) is 0 Å². The van der Waals surface area contributed by atoms with E-state index < -0.39 is 0 Å². The third-order valence-corrected chi connectivity index (χ3v) is 4.01. The van der Waals surface area contributed by atoms with Crippen molar-refractivity contribution in [3.05, 3.63) is 30.1 Å². The van der Waals surface area contributed by atoms with Crippen molar-refractivity contribution in [3.8, 4) is 0 Å². The highest BCUT2D eigenvalue weighted by molar-refractivity contribution is 5.81. The van der Waals surface area contributed by atoms with Crippen molar-refractivity contribution in [2.45, 2.75) is 32.7 Å². The summed E-state index contributed by atoms with van der Waals surface area (Å²) in [6, 6.07) is 8.05. The van der Waals surface area contributed by atoms with Crippen LogP contribution >= 0.6 is 0 Å². The van der Waals surface area contributed by atoms with Gasteiger partial charge >= 0.3 is 0 Å². The van der Waals surface area contributed by atoms with Crippen LogP contribution in [0.2, 0.25) is 0 Å². The van der Waals surface area contributed by atoms with Crippen molar-refractivity contribution >= 4 is 16.9 Å². The molecule has 1 atom stereocenters. The maximum absolute atomic E-state index is 12.1. The first-order valence-corrected chi connectivity index (χ1v) is 7.29. The molecule has 20 heavy (non-hydrogen) atoms. The topological polar surface area (TPSA) is 46.9 Å². The smallest absolute Gasteiger partial charge is 0.223 e. The molecule has 1 fully saturated rings. The van der Waals surface area contributed by atoms with E-state index in [2.05, 4.69) is 29.8 Å². The molecule has 106 valence electrons. The van der Waals surface area contributed by atoms with E-state index in [1.54, 1.807) is 0 Å². The number of carbonyl (C=O) groups is 1. The van der Waals surface area contributed by atoms with Gasteiger partial charge in [-0.05, 0) is 30.9 Å². The second-order valence-electron chi connectivity index (χ2n) is 6.02. The Kier molecular flexibility index (Phi) is 3.24. The highest BCUT2D eigenvalue weighted by Crippen LogP contribution is 2.31. The van der Waals surface area contributed by atoms with Crippen molar-refractivity contribution in [2.24, 2.45) is 18.9 Å². The van der Waals surface area contributed by atoms with Gasteiger partial charge in [0, 0.05) is 13.0 Å². The number of imidazole rings is 1. The summed E-state index contributed by atoms with van der Waals surface area (Å²) in [5.41, 5.74) is 2.09. The van der Waals surface area contributed by atoms with Crippen molar-refractivity contribution < 1.29 is 4.79 Å². The number of aromatic nitrogens is 2. The van der Waals surface area contributed by atoms with E-state index in [-0.39, 0.29) is 17.9 Å². The lowest BCUT2D eigenvalue weighted by molar-refractivity contribution is -0.123. The van der Waals surface area contributed by atoms with Crippen molar-refractivity contribution in [2.75, 3.05) is 0 Å². The molecule has 0 radical (unpaired) electrons. The molecule has 1 N–H and O–H groups in total. The van der Waals surface area contributed by atoms with Gasteiger partial charge in [-0.1, -0.05) is 26.0 Å². The number of amides is 1. The lowest BCUT2D eigenvalue weighted by atomic mass is 10.0. The fourth-order valence-corrected chi connectivity index (χ4v) is 2.59. The van der Waals surface area contributed by atoms with E-state index in [0.717, 1.165) is 29.7 Å². The van der Waals surface area contributed by atoms with Crippen molar-refractivity contribution in [1.82, 2.24) is 14.9 Å². The van der Waals surface area contributed by atoms with E-state index in [0.29, 0.717) is 5.92 Å². The Morgan fingerprint density at radius 2 is 2.05 bits per heavy atom. The molecule has 4 heteroatoms.